The van der Waals surface area contributed by atoms with Crippen LogP contribution in [0.2, 0.25) is 5.02 Å². The second kappa shape index (κ2) is 7.69. The number of hydrogen-bond acceptors (Lipinski definition) is 3. The summed E-state index contributed by atoms with van der Waals surface area (Å²) in [5.41, 5.74) is 3.11. The highest BCUT2D eigenvalue weighted by Crippen LogP contribution is 2.35. The lowest BCUT2D eigenvalue weighted by atomic mass is 10.1. The van der Waals surface area contributed by atoms with E-state index in [2.05, 4.69) is 11.1 Å². The van der Waals surface area contributed by atoms with Gasteiger partial charge in [-0.1, -0.05) is 41.9 Å². The van der Waals surface area contributed by atoms with Crippen molar-refractivity contribution >= 4 is 23.8 Å². The van der Waals surface area contributed by atoms with Gasteiger partial charge in [-0.3, -0.25) is 4.57 Å². The maximum absolute atomic E-state index is 9.73. The van der Waals surface area contributed by atoms with Crippen molar-refractivity contribution < 1.29 is 4.74 Å². The van der Waals surface area contributed by atoms with Crippen molar-refractivity contribution in [3.05, 3.63) is 71.4 Å². The molecule has 0 saturated heterocycles. The van der Waals surface area contributed by atoms with Crippen LogP contribution in [-0.4, -0.2) is 17.6 Å². The molecule has 0 aliphatic rings. The molecule has 0 unspecified atom stereocenters. The molecule has 0 aliphatic heterocycles. The highest BCUT2D eigenvalue weighted by atomic mass is 35.5. The molecule has 1 heterocycles. The van der Waals surface area contributed by atoms with E-state index < -0.39 is 0 Å². The molecule has 0 atom stereocenters. The fourth-order valence-electron chi connectivity index (χ4n) is 2.53. The molecule has 124 valence electrons. The number of nitriles is 1. The summed E-state index contributed by atoms with van der Waals surface area (Å²) in [6.45, 7) is 2.40. The van der Waals surface area contributed by atoms with Crippen molar-refractivity contribution in [2.75, 3.05) is 6.61 Å². The summed E-state index contributed by atoms with van der Waals surface area (Å²) in [7, 11) is 0. The third kappa shape index (κ3) is 3.57. The topological polar surface area (TPSA) is 50.3 Å². The summed E-state index contributed by atoms with van der Waals surface area (Å²) in [5.74, 6) is 0.534. The lowest BCUT2D eigenvalue weighted by Gasteiger charge is -2.05. The molecule has 1 aromatic heterocycles. The van der Waals surface area contributed by atoms with Crippen molar-refractivity contribution in [2.45, 2.75) is 6.92 Å². The highest BCUT2D eigenvalue weighted by molar-refractivity contribution is 6.30. The van der Waals surface area contributed by atoms with Crippen LogP contribution in [0, 0.1) is 11.3 Å². The van der Waals surface area contributed by atoms with Gasteiger partial charge < -0.3 is 4.74 Å². The molecule has 2 aromatic carbocycles. The number of nitrogens with zero attached hydrogens (tertiary/aromatic N) is 3. The second-order valence-corrected chi connectivity index (χ2v) is 5.69. The zero-order valence-corrected chi connectivity index (χ0v) is 14.4. The third-order valence-electron chi connectivity index (χ3n) is 3.70. The zero-order valence-electron chi connectivity index (χ0n) is 13.7. The Bertz CT molecular complexity index is 922. The van der Waals surface area contributed by atoms with Crippen LogP contribution in [0.1, 0.15) is 12.5 Å². The van der Waals surface area contributed by atoms with Gasteiger partial charge in [0, 0.05) is 22.5 Å². The number of rotatable bonds is 5. The van der Waals surface area contributed by atoms with Crippen LogP contribution in [0.25, 0.3) is 16.8 Å². The first-order chi connectivity index (χ1) is 12.2. The molecule has 25 heavy (non-hydrogen) atoms. The van der Waals surface area contributed by atoms with Crippen molar-refractivity contribution in [1.82, 2.24) is 4.57 Å². The minimum absolute atomic E-state index is 0.488. The standard InChI is InChI=1S/C20H16ClN3O/c1-2-25-14-23-20-18(12-22)19(15-8-10-16(21)11-9-15)13-24(20)17-6-4-3-5-7-17/h3-11,13-14H,2H2,1H3/b23-14+. The first-order valence-corrected chi connectivity index (χ1v) is 8.23. The Morgan fingerprint density at radius 1 is 1.16 bits per heavy atom. The molecule has 3 rings (SSSR count). The summed E-state index contributed by atoms with van der Waals surface area (Å²) in [5, 5.41) is 10.4. The maximum Gasteiger partial charge on any atom is 0.176 e. The van der Waals surface area contributed by atoms with E-state index in [0.717, 1.165) is 16.8 Å². The highest BCUT2D eigenvalue weighted by Gasteiger charge is 2.17. The quantitative estimate of drug-likeness (QED) is 0.459. The molecule has 5 heteroatoms. The van der Waals surface area contributed by atoms with Gasteiger partial charge in [-0.05, 0) is 36.8 Å². The Morgan fingerprint density at radius 2 is 1.88 bits per heavy atom. The number of hydrogen-bond donors (Lipinski definition) is 0. The SMILES string of the molecule is CCO/C=N/c1c(C#N)c(-c2ccc(Cl)cc2)cn1-c1ccccc1. The number of ether oxygens (including phenoxy) is 1. The van der Waals surface area contributed by atoms with Gasteiger partial charge >= 0.3 is 0 Å². The normalized spacial score (nSPS) is 10.8. The number of halogens is 1. The second-order valence-electron chi connectivity index (χ2n) is 5.26. The van der Waals surface area contributed by atoms with Gasteiger partial charge in [0.05, 0.1) is 6.61 Å². The van der Waals surface area contributed by atoms with E-state index in [-0.39, 0.29) is 0 Å². The van der Waals surface area contributed by atoms with Crippen LogP contribution in [0.3, 0.4) is 0 Å². The van der Waals surface area contributed by atoms with Crippen molar-refractivity contribution in [3.63, 3.8) is 0 Å². The van der Waals surface area contributed by atoms with Crippen LogP contribution in [0.4, 0.5) is 5.82 Å². The Morgan fingerprint density at radius 3 is 2.52 bits per heavy atom. The van der Waals surface area contributed by atoms with Crippen LogP contribution in [0.5, 0.6) is 0 Å². The van der Waals surface area contributed by atoms with Gasteiger partial charge in [-0.15, -0.1) is 0 Å². The van der Waals surface area contributed by atoms with Gasteiger partial charge in [0.15, 0.2) is 12.2 Å². The smallest absolute Gasteiger partial charge is 0.176 e. The summed E-state index contributed by atoms with van der Waals surface area (Å²) in [6, 6.07) is 19.4. The molecule has 4 nitrogen and oxygen atoms in total. The van der Waals surface area contributed by atoms with Gasteiger partial charge in [0.25, 0.3) is 0 Å². The summed E-state index contributed by atoms with van der Waals surface area (Å²) in [6.07, 6.45) is 3.29. The first kappa shape index (κ1) is 16.8. The average Bonchev–Trinajstić information content (AvgIpc) is 3.02. The van der Waals surface area contributed by atoms with E-state index >= 15 is 0 Å². The van der Waals surface area contributed by atoms with Gasteiger partial charge in [0.1, 0.15) is 11.6 Å². The summed E-state index contributed by atoms with van der Waals surface area (Å²) in [4.78, 5) is 4.37. The maximum atomic E-state index is 9.73. The van der Waals surface area contributed by atoms with Gasteiger partial charge in [-0.2, -0.15) is 5.26 Å². The molecule has 0 radical (unpaired) electrons. The van der Waals surface area contributed by atoms with Gasteiger partial charge in [0.2, 0.25) is 0 Å². The van der Waals surface area contributed by atoms with E-state index in [4.69, 9.17) is 16.3 Å². The molecular formula is C20H16ClN3O. The van der Waals surface area contributed by atoms with E-state index in [0.29, 0.717) is 23.0 Å². The Kier molecular flexibility index (Phi) is 5.17. The molecule has 0 amide bonds. The summed E-state index contributed by atoms with van der Waals surface area (Å²) < 4.78 is 7.11. The average molecular weight is 350 g/mol. The first-order valence-electron chi connectivity index (χ1n) is 7.85. The molecule has 0 fully saturated rings. The van der Waals surface area contributed by atoms with Crippen LogP contribution in [0.15, 0.2) is 65.8 Å². The predicted octanol–water partition coefficient (Wildman–Crippen LogP) is 5.37. The van der Waals surface area contributed by atoms with Crippen molar-refractivity contribution in [3.8, 4) is 22.9 Å². The Labute approximate surface area is 151 Å². The van der Waals surface area contributed by atoms with Crippen molar-refractivity contribution in [1.29, 1.82) is 5.26 Å². The van der Waals surface area contributed by atoms with E-state index in [1.54, 1.807) is 12.1 Å². The van der Waals surface area contributed by atoms with E-state index in [9.17, 15) is 5.26 Å². The molecule has 0 N–H and O–H groups in total. The molecule has 0 saturated carbocycles. The van der Waals surface area contributed by atoms with E-state index in [1.807, 2.05) is 60.2 Å². The van der Waals surface area contributed by atoms with Crippen molar-refractivity contribution in [2.24, 2.45) is 4.99 Å². The number of aromatic nitrogens is 1. The zero-order chi connectivity index (χ0) is 17.6. The molecule has 0 bridgehead atoms. The monoisotopic (exact) mass is 349 g/mol. The lowest BCUT2D eigenvalue weighted by molar-refractivity contribution is 0.344. The lowest BCUT2D eigenvalue weighted by Crippen LogP contribution is -1.92. The van der Waals surface area contributed by atoms with Gasteiger partial charge in [-0.25, -0.2) is 4.99 Å². The largest absolute Gasteiger partial charge is 0.483 e. The molecular weight excluding hydrogens is 334 g/mol. The third-order valence-corrected chi connectivity index (χ3v) is 3.95. The Balaban J connectivity index is 2.20. The van der Waals surface area contributed by atoms with E-state index in [1.165, 1.54) is 6.40 Å². The van der Waals surface area contributed by atoms with Crippen LogP contribution >= 0.6 is 11.6 Å². The molecule has 0 spiro atoms. The fraction of sp³-hybridized carbons (Fsp3) is 0.100. The van der Waals surface area contributed by atoms with Crippen LogP contribution in [-0.2, 0) is 4.74 Å². The number of benzene rings is 2. The number of para-hydroxylation sites is 1. The summed E-state index contributed by atoms with van der Waals surface area (Å²) >= 11 is 5.98. The Hall–Kier alpha value is -3.03. The van der Waals surface area contributed by atoms with Crippen LogP contribution < -0.4 is 0 Å². The number of aliphatic imine (C=N–C) groups is 1. The molecule has 0 aliphatic carbocycles. The predicted molar refractivity (Wildman–Crippen MR) is 101 cm³/mol. The minimum atomic E-state index is 0.488. The molecule has 3 aromatic rings. The fourth-order valence-corrected chi connectivity index (χ4v) is 2.65. The minimum Gasteiger partial charge on any atom is -0.483 e.